The lowest BCUT2D eigenvalue weighted by Crippen LogP contribution is -2.39. The van der Waals surface area contributed by atoms with Crippen molar-refractivity contribution in [1.82, 2.24) is 14.8 Å². The van der Waals surface area contributed by atoms with Crippen LogP contribution in [0.3, 0.4) is 0 Å². The van der Waals surface area contributed by atoms with Gasteiger partial charge in [0.15, 0.2) is 0 Å². The van der Waals surface area contributed by atoms with E-state index >= 15 is 0 Å². The van der Waals surface area contributed by atoms with E-state index < -0.39 is 4.92 Å². The van der Waals surface area contributed by atoms with Crippen molar-refractivity contribution in [1.29, 1.82) is 0 Å². The number of carbonyl (C=O) groups is 1. The van der Waals surface area contributed by atoms with Gasteiger partial charge in [0.05, 0.1) is 18.1 Å². The average molecular weight is 476 g/mol. The van der Waals surface area contributed by atoms with Gasteiger partial charge in [0.1, 0.15) is 5.69 Å². The molecular formula is C26H29N5O4. The first-order valence-electron chi connectivity index (χ1n) is 11.7. The Bertz CT molecular complexity index is 1120. The molecular weight excluding hydrogens is 446 g/mol. The minimum absolute atomic E-state index is 0.142. The predicted octanol–water partition coefficient (Wildman–Crippen LogP) is 4.10. The molecule has 0 spiro atoms. The van der Waals surface area contributed by atoms with Crippen LogP contribution in [-0.2, 0) is 11.3 Å². The molecule has 35 heavy (non-hydrogen) atoms. The van der Waals surface area contributed by atoms with Crippen LogP contribution in [-0.4, -0.2) is 65.0 Å². The molecule has 1 aromatic heterocycles. The van der Waals surface area contributed by atoms with E-state index in [-0.39, 0.29) is 17.2 Å². The highest BCUT2D eigenvalue weighted by atomic mass is 16.6. The van der Waals surface area contributed by atoms with Gasteiger partial charge in [-0.3, -0.25) is 24.8 Å². The van der Waals surface area contributed by atoms with Gasteiger partial charge < -0.3 is 15.0 Å². The summed E-state index contributed by atoms with van der Waals surface area (Å²) < 4.78 is 5.41. The third-order valence-electron chi connectivity index (χ3n) is 5.91. The molecule has 0 atom stereocenters. The minimum atomic E-state index is -0.465. The Morgan fingerprint density at radius 2 is 1.83 bits per heavy atom. The SMILES string of the molecule is O=C(c1ccc(Nc2ccccc2)c([N+](=O)[O-])c1)N(CCCN1CCOCC1)Cc1ccncc1. The number of carbonyl (C=O) groups excluding carboxylic acids is 1. The van der Waals surface area contributed by atoms with Crippen molar-refractivity contribution in [2.75, 3.05) is 44.7 Å². The van der Waals surface area contributed by atoms with E-state index in [0.29, 0.717) is 18.8 Å². The first-order chi connectivity index (χ1) is 17.1. The molecule has 9 heteroatoms. The van der Waals surface area contributed by atoms with Crippen LogP contribution in [0.4, 0.5) is 17.1 Å². The van der Waals surface area contributed by atoms with Gasteiger partial charge >= 0.3 is 0 Å². The number of hydrogen-bond acceptors (Lipinski definition) is 7. The highest BCUT2D eigenvalue weighted by Crippen LogP contribution is 2.29. The fourth-order valence-corrected chi connectivity index (χ4v) is 4.05. The standard InChI is InChI=1S/C26H29N5O4/c32-26(22-7-8-24(25(19-22)31(33)34)28-23-5-2-1-3-6-23)30(20-21-9-11-27-12-10-21)14-4-13-29-15-17-35-18-16-29/h1-3,5-12,19,28H,4,13-18,20H2. The van der Waals surface area contributed by atoms with Crippen LogP contribution in [0.15, 0.2) is 73.1 Å². The molecule has 1 N–H and O–H groups in total. The lowest BCUT2D eigenvalue weighted by Gasteiger charge is -2.28. The van der Waals surface area contributed by atoms with E-state index in [4.69, 9.17) is 4.74 Å². The number of anilines is 2. The van der Waals surface area contributed by atoms with E-state index in [1.807, 2.05) is 42.5 Å². The molecule has 9 nitrogen and oxygen atoms in total. The topological polar surface area (TPSA) is 101 Å². The Labute approximate surface area is 204 Å². The summed E-state index contributed by atoms with van der Waals surface area (Å²) >= 11 is 0. The molecule has 1 aliphatic rings. The van der Waals surface area contributed by atoms with Gasteiger partial charge in [0.2, 0.25) is 0 Å². The van der Waals surface area contributed by atoms with Crippen LogP contribution in [0.2, 0.25) is 0 Å². The zero-order valence-electron chi connectivity index (χ0n) is 19.5. The zero-order chi connectivity index (χ0) is 24.5. The Morgan fingerprint density at radius 3 is 2.54 bits per heavy atom. The second kappa shape index (κ2) is 12.0. The van der Waals surface area contributed by atoms with Crippen LogP contribution in [0.5, 0.6) is 0 Å². The molecule has 2 aromatic carbocycles. The zero-order valence-corrected chi connectivity index (χ0v) is 19.5. The van der Waals surface area contributed by atoms with Crippen LogP contribution in [0.25, 0.3) is 0 Å². The van der Waals surface area contributed by atoms with E-state index in [1.54, 1.807) is 29.4 Å². The number of pyridine rings is 1. The van der Waals surface area contributed by atoms with Crippen molar-refractivity contribution >= 4 is 23.0 Å². The second-order valence-corrected chi connectivity index (χ2v) is 8.37. The molecule has 1 fully saturated rings. The van der Waals surface area contributed by atoms with E-state index in [0.717, 1.165) is 50.5 Å². The summed E-state index contributed by atoms with van der Waals surface area (Å²) in [5.41, 5.74) is 2.17. The van der Waals surface area contributed by atoms with Crippen molar-refractivity contribution < 1.29 is 14.5 Å². The van der Waals surface area contributed by atoms with Crippen molar-refractivity contribution in [3.63, 3.8) is 0 Å². The number of rotatable bonds is 10. The molecule has 182 valence electrons. The average Bonchev–Trinajstić information content (AvgIpc) is 2.89. The molecule has 4 rings (SSSR count). The number of ether oxygens (including phenoxy) is 1. The van der Waals surface area contributed by atoms with Gasteiger partial charge in [-0.15, -0.1) is 0 Å². The molecule has 1 saturated heterocycles. The summed E-state index contributed by atoms with van der Waals surface area (Å²) in [6.07, 6.45) is 4.19. The monoisotopic (exact) mass is 475 g/mol. The third kappa shape index (κ3) is 6.84. The van der Waals surface area contributed by atoms with Gasteiger partial charge in [-0.05, 0) is 48.4 Å². The highest BCUT2D eigenvalue weighted by molar-refractivity contribution is 5.96. The van der Waals surface area contributed by atoms with E-state index in [1.165, 1.54) is 6.07 Å². The molecule has 0 bridgehead atoms. The smallest absolute Gasteiger partial charge is 0.293 e. The number of aromatic nitrogens is 1. The fraction of sp³-hybridized carbons (Fsp3) is 0.308. The number of hydrogen-bond donors (Lipinski definition) is 1. The molecule has 1 amide bonds. The maximum Gasteiger partial charge on any atom is 0.293 e. The number of nitrogens with one attached hydrogen (secondary N) is 1. The third-order valence-corrected chi connectivity index (χ3v) is 5.91. The molecule has 0 aliphatic carbocycles. The number of nitro benzene ring substituents is 1. The van der Waals surface area contributed by atoms with Crippen LogP contribution >= 0.6 is 0 Å². The first kappa shape index (κ1) is 24.3. The quantitative estimate of drug-likeness (QED) is 0.348. The van der Waals surface area contributed by atoms with Gasteiger partial charge in [0, 0.05) is 62.4 Å². The number of para-hydroxylation sites is 1. The first-order valence-corrected chi connectivity index (χ1v) is 11.7. The normalized spacial score (nSPS) is 13.8. The summed E-state index contributed by atoms with van der Waals surface area (Å²) in [5.74, 6) is -0.238. The molecule has 0 saturated carbocycles. The van der Waals surface area contributed by atoms with Crippen molar-refractivity contribution in [2.45, 2.75) is 13.0 Å². The minimum Gasteiger partial charge on any atom is -0.379 e. The fourth-order valence-electron chi connectivity index (χ4n) is 4.05. The summed E-state index contributed by atoms with van der Waals surface area (Å²) in [4.78, 5) is 33.0. The molecule has 0 radical (unpaired) electrons. The van der Waals surface area contributed by atoms with Crippen LogP contribution in [0.1, 0.15) is 22.3 Å². The van der Waals surface area contributed by atoms with Crippen molar-refractivity contribution in [2.24, 2.45) is 0 Å². The summed E-state index contributed by atoms with van der Waals surface area (Å²) in [6, 6.07) is 17.6. The van der Waals surface area contributed by atoms with Gasteiger partial charge in [-0.1, -0.05) is 18.2 Å². The van der Waals surface area contributed by atoms with Gasteiger partial charge in [0.25, 0.3) is 11.6 Å². The molecule has 2 heterocycles. The predicted molar refractivity (Wildman–Crippen MR) is 134 cm³/mol. The highest BCUT2D eigenvalue weighted by Gasteiger charge is 2.22. The molecule has 0 unspecified atom stereocenters. The van der Waals surface area contributed by atoms with Gasteiger partial charge in [-0.2, -0.15) is 0 Å². The number of amides is 1. The molecule has 3 aromatic rings. The number of nitro groups is 1. The number of morpholine rings is 1. The van der Waals surface area contributed by atoms with Crippen LogP contribution in [0, 0.1) is 10.1 Å². The lowest BCUT2D eigenvalue weighted by molar-refractivity contribution is -0.383. The van der Waals surface area contributed by atoms with Crippen LogP contribution < -0.4 is 5.32 Å². The lowest BCUT2D eigenvalue weighted by atomic mass is 10.1. The molecule has 1 aliphatic heterocycles. The van der Waals surface area contributed by atoms with Crippen molar-refractivity contribution in [3.05, 3.63) is 94.3 Å². The Morgan fingerprint density at radius 1 is 1.09 bits per heavy atom. The largest absolute Gasteiger partial charge is 0.379 e. The number of benzene rings is 2. The Balaban J connectivity index is 1.52. The number of nitrogens with zero attached hydrogens (tertiary/aromatic N) is 4. The summed E-state index contributed by atoms with van der Waals surface area (Å²) in [6.45, 7) is 5.04. The second-order valence-electron chi connectivity index (χ2n) is 8.37. The summed E-state index contributed by atoms with van der Waals surface area (Å²) in [7, 11) is 0. The maximum absolute atomic E-state index is 13.5. The van der Waals surface area contributed by atoms with E-state index in [9.17, 15) is 14.9 Å². The summed E-state index contributed by atoms with van der Waals surface area (Å²) in [5, 5.41) is 14.9. The maximum atomic E-state index is 13.5. The van der Waals surface area contributed by atoms with Crippen molar-refractivity contribution in [3.8, 4) is 0 Å². The van der Waals surface area contributed by atoms with E-state index in [2.05, 4.69) is 15.2 Å². The Hall–Kier alpha value is -3.82. The Kier molecular flexibility index (Phi) is 8.37. The van der Waals surface area contributed by atoms with Gasteiger partial charge in [-0.25, -0.2) is 0 Å².